The van der Waals surface area contributed by atoms with Gasteiger partial charge in [-0.05, 0) is 22.6 Å². The van der Waals surface area contributed by atoms with Crippen LogP contribution in [-0.2, 0) is 4.79 Å². The van der Waals surface area contributed by atoms with Crippen molar-refractivity contribution in [2.45, 2.75) is 0 Å². The van der Waals surface area contributed by atoms with Crippen molar-refractivity contribution in [2.75, 3.05) is 5.32 Å². The summed E-state index contributed by atoms with van der Waals surface area (Å²) in [7, 11) is 0. The molecule has 0 fully saturated rings. The van der Waals surface area contributed by atoms with Crippen LogP contribution in [0.15, 0.2) is 24.3 Å². The van der Waals surface area contributed by atoms with Crippen molar-refractivity contribution < 1.29 is 4.79 Å². The van der Waals surface area contributed by atoms with E-state index in [-0.39, 0.29) is 0 Å². The number of aromatic nitrogens is 4. The summed E-state index contributed by atoms with van der Waals surface area (Å²) in [6.07, 6.45) is 0.614. The number of carbonyl (C=O) groups excluding carboxylic acids is 1. The Morgan fingerprint density at radius 3 is 2.93 bits per heavy atom. The van der Waals surface area contributed by atoms with E-state index in [2.05, 4.69) is 25.9 Å². The predicted octanol–water partition coefficient (Wildman–Crippen LogP) is 0.435. The molecule has 0 radical (unpaired) electrons. The second-order valence-electron chi connectivity index (χ2n) is 2.56. The van der Waals surface area contributed by atoms with Crippen LogP contribution in [0.1, 0.15) is 0 Å². The zero-order valence-corrected chi connectivity index (χ0v) is 7.14. The van der Waals surface area contributed by atoms with Gasteiger partial charge in [-0.1, -0.05) is 12.1 Å². The third-order valence-corrected chi connectivity index (χ3v) is 1.74. The molecule has 6 nitrogen and oxygen atoms in total. The highest BCUT2D eigenvalue weighted by molar-refractivity contribution is 5.82. The lowest BCUT2D eigenvalue weighted by Crippen LogP contribution is -1.96. The summed E-state index contributed by atoms with van der Waals surface area (Å²) in [4.78, 5) is 10.3. The van der Waals surface area contributed by atoms with E-state index in [4.69, 9.17) is 0 Å². The summed E-state index contributed by atoms with van der Waals surface area (Å²) in [5.74, 6) is 0.523. The molecule has 1 heterocycles. The summed E-state index contributed by atoms with van der Waals surface area (Å²) >= 11 is 0. The molecule has 70 valence electrons. The van der Waals surface area contributed by atoms with Crippen LogP contribution >= 0.6 is 0 Å². The molecule has 14 heavy (non-hydrogen) atoms. The van der Waals surface area contributed by atoms with Crippen LogP contribution in [0.25, 0.3) is 11.4 Å². The number of tetrazole rings is 1. The molecule has 0 unspecified atom stereocenters. The number of hydrogen-bond acceptors (Lipinski definition) is 4. The molecule has 0 aliphatic rings. The van der Waals surface area contributed by atoms with Gasteiger partial charge < -0.3 is 5.32 Å². The lowest BCUT2D eigenvalue weighted by atomic mass is 10.1. The minimum absolute atomic E-state index is 0.523. The molecule has 0 saturated carbocycles. The third-order valence-electron chi connectivity index (χ3n) is 1.74. The Morgan fingerprint density at radius 2 is 2.21 bits per heavy atom. The molecule has 2 rings (SSSR count). The predicted molar refractivity (Wildman–Crippen MR) is 49.3 cm³/mol. The lowest BCUT2D eigenvalue weighted by molar-refractivity contribution is -0.105. The topological polar surface area (TPSA) is 83.6 Å². The van der Waals surface area contributed by atoms with Gasteiger partial charge in [0.25, 0.3) is 0 Å². The Morgan fingerprint density at radius 1 is 1.36 bits per heavy atom. The van der Waals surface area contributed by atoms with Crippen molar-refractivity contribution in [1.82, 2.24) is 20.6 Å². The first kappa shape index (κ1) is 8.36. The minimum atomic E-state index is 0.523. The van der Waals surface area contributed by atoms with E-state index in [1.54, 1.807) is 6.07 Å². The number of nitrogens with zero attached hydrogens (tertiary/aromatic N) is 3. The fraction of sp³-hybridized carbons (Fsp3) is 0. The van der Waals surface area contributed by atoms with Crippen molar-refractivity contribution in [3.63, 3.8) is 0 Å². The van der Waals surface area contributed by atoms with Gasteiger partial charge in [0.15, 0.2) is 5.82 Å². The maximum atomic E-state index is 10.3. The first-order valence-corrected chi connectivity index (χ1v) is 3.95. The molecule has 0 atom stereocenters. The molecule has 6 heteroatoms. The Bertz CT molecular complexity index is 425. The SMILES string of the molecule is O=CNc1ccccc1-c1nnn[nH]1. The first-order valence-electron chi connectivity index (χ1n) is 3.95. The average molecular weight is 189 g/mol. The van der Waals surface area contributed by atoms with Gasteiger partial charge in [-0.25, -0.2) is 5.10 Å². The molecule has 1 amide bonds. The highest BCUT2D eigenvalue weighted by Crippen LogP contribution is 2.22. The normalized spacial score (nSPS) is 9.71. The quantitative estimate of drug-likeness (QED) is 0.686. The van der Waals surface area contributed by atoms with Crippen LogP contribution < -0.4 is 5.32 Å². The second-order valence-corrected chi connectivity index (χ2v) is 2.56. The van der Waals surface area contributed by atoms with Crippen LogP contribution in [-0.4, -0.2) is 27.0 Å². The largest absolute Gasteiger partial charge is 0.328 e. The Kier molecular flexibility index (Phi) is 2.18. The molecule has 0 bridgehead atoms. The van der Waals surface area contributed by atoms with Gasteiger partial charge in [0.2, 0.25) is 6.41 Å². The molecule has 0 aliphatic heterocycles. The van der Waals surface area contributed by atoms with Crippen LogP contribution in [0.5, 0.6) is 0 Å². The highest BCUT2D eigenvalue weighted by atomic mass is 16.1. The maximum absolute atomic E-state index is 10.3. The summed E-state index contributed by atoms with van der Waals surface area (Å²) in [6, 6.07) is 7.24. The number of anilines is 1. The zero-order chi connectivity index (χ0) is 9.80. The number of rotatable bonds is 3. The van der Waals surface area contributed by atoms with E-state index in [0.29, 0.717) is 17.9 Å². The van der Waals surface area contributed by atoms with Crippen molar-refractivity contribution in [2.24, 2.45) is 0 Å². The molecule has 2 N–H and O–H groups in total. The van der Waals surface area contributed by atoms with Crippen LogP contribution in [0.2, 0.25) is 0 Å². The highest BCUT2D eigenvalue weighted by Gasteiger charge is 2.06. The fourth-order valence-corrected chi connectivity index (χ4v) is 1.15. The maximum Gasteiger partial charge on any atom is 0.211 e. The van der Waals surface area contributed by atoms with E-state index in [1.165, 1.54) is 0 Å². The smallest absolute Gasteiger partial charge is 0.211 e. The van der Waals surface area contributed by atoms with Crippen molar-refractivity contribution in [3.8, 4) is 11.4 Å². The van der Waals surface area contributed by atoms with E-state index < -0.39 is 0 Å². The zero-order valence-electron chi connectivity index (χ0n) is 7.14. The van der Waals surface area contributed by atoms with Gasteiger partial charge in [-0.15, -0.1) is 5.10 Å². The summed E-state index contributed by atoms with van der Waals surface area (Å²) < 4.78 is 0. The molecule has 1 aromatic heterocycles. The third kappa shape index (κ3) is 1.45. The van der Waals surface area contributed by atoms with Crippen molar-refractivity contribution in [1.29, 1.82) is 0 Å². The Hall–Kier alpha value is -2.24. The average Bonchev–Trinajstić information content (AvgIpc) is 2.72. The van der Waals surface area contributed by atoms with Crippen LogP contribution in [0, 0.1) is 0 Å². The summed E-state index contributed by atoms with van der Waals surface area (Å²) in [6.45, 7) is 0. The number of nitrogens with one attached hydrogen (secondary N) is 2. The monoisotopic (exact) mass is 189 g/mol. The van der Waals surface area contributed by atoms with Gasteiger partial charge in [-0.2, -0.15) is 0 Å². The molecular weight excluding hydrogens is 182 g/mol. The van der Waals surface area contributed by atoms with E-state index in [1.807, 2.05) is 18.2 Å². The lowest BCUT2D eigenvalue weighted by Gasteiger charge is -2.03. The standard InChI is InChI=1S/C8H7N5O/c14-5-9-7-4-2-1-3-6(7)8-10-12-13-11-8/h1-5H,(H,9,14)(H,10,11,12,13). The molecule has 1 aromatic carbocycles. The van der Waals surface area contributed by atoms with Gasteiger partial charge in [-0.3, -0.25) is 4.79 Å². The second kappa shape index (κ2) is 3.65. The number of para-hydroxylation sites is 1. The molecule has 0 spiro atoms. The Labute approximate surface area is 79.3 Å². The number of hydrogen-bond donors (Lipinski definition) is 2. The van der Waals surface area contributed by atoms with Gasteiger partial charge in [0.05, 0.1) is 5.69 Å². The number of benzene rings is 1. The van der Waals surface area contributed by atoms with E-state index >= 15 is 0 Å². The number of carbonyl (C=O) groups is 1. The van der Waals surface area contributed by atoms with E-state index in [0.717, 1.165) is 5.56 Å². The van der Waals surface area contributed by atoms with Gasteiger partial charge in [0, 0.05) is 5.56 Å². The Balaban J connectivity index is 2.46. The minimum Gasteiger partial charge on any atom is -0.328 e. The van der Waals surface area contributed by atoms with E-state index in [9.17, 15) is 4.79 Å². The number of amides is 1. The number of aromatic amines is 1. The van der Waals surface area contributed by atoms with Crippen molar-refractivity contribution >= 4 is 12.1 Å². The number of H-pyrrole nitrogens is 1. The molecule has 0 aliphatic carbocycles. The van der Waals surface area contributed by atoms with Crippen molar-refractivity contribution in [3.05, 3.63) is 24.3 Å². The summed E-state index contributed by atoms with van der Waals surface area (Å²) in [5.41, 5.74) is 1.42. The first-order chi connectivity index (χ1) is 6.92. The molecule has 0 saturated heterocycles. The fourth-order valence-electron chi connectivity index (χ4n) is 1.15. The summed E-state index contributed by atoms with van der Waals surface area (Å²) in [5, 5.41) is 15.9. The van der Waals surface area contributed by atoms with Crippen LogP contribution in [0.3, 0.4) is 0 Å². The molecule has 2 aromatic rings. The van der Waals surface area contributed by atoms with Gasteiger partial charge in [0.1, 0.15) is 0 Å². The molecular formula is C8H7N5O. The van der Waals surface area contributed by atoms with Gasteiger partial charge >= 0.3 is 0 Å². The van der Waals surface area contributed by atoms with Crippen LogP contribution in [0.4, 0.5) is 5.69 Å².